The van der Waals surface area contributed by atoms with Gasteiger partial charge in [-0.25, -0.2) is 4.39 Å². The summed E-state index contributed by atoms with van der Waals surface area (Å²) in [5.41, 5.74) is 4.16. The quantitative estimate of drug-likeness (QED) is 0.601. The van der Waals surface area contributed by atoms with Gasteiger partial charge in [-0.3, -0.25) is 4.79 Å². The Labute approximate surface area is 158 Å². The molecule has 0 fully saturated rings. The topological polar surface area (TPSA) is 38.3 Å². The maximum atomic E-state index is 15.4. The molecule has 138 valence electrons. The number of carbonyl (C=O) groups is 1. The summed E-state index contributed by atoms with van der Waals surface area (Å²) in [7, 11) is 3.38. The first-order chi connectivity index (χ1) is 13.0. The highest BCUT2D eigenvalue weighted by atomic mass is 19.1. The molecule has 3 rings (SSSR count). The van der Waals surface area contributed by atoms with Crippen LogP contribution in [0.15, 0.2) is 60.7 Å². The van der Waals surface area contributed by atoms with E-state index in [1.54, 1.807) is 36.4 Å². The van der Waals surface area contributed by atoms with Crippen molar-refractivity contribution in [3.63, 3.8) is 0 Å². The van der Waals surface area contributed by atoms with Gasteiger partial charge in [0.15, 0.2) is 5.78 Å². The summed E-state index contributed by atoms with van der Waals surface area (Å²) in [6.07, 6.45) is 0.471. The van der Waals surface area contributed by atoms with Crippen molar-refractivity contribution in [1.29, 1.82) is 0 Å². The lowest BCUT2D eigenvalue weighted by atomic mass is 9.95. The van der Waals surface area contributed by atoms with Crippen LogP contribution in [-0.2, 0) is 6.42 Å². The zero-order chi connectivity index (χ0) is 19.4. The molecule has 3 aromatic rings. The fourth-order valence-corrected chi connectivity index (χ4v) is 3.08. The molecule has 0 amide bonds. The van der Waals surface area contributed by atoms with Gasteiger partial charge in [0.05, 0.1) is 12.7 Å². The van der Waals surface area contributed by atoms with E-state index in [0.29, 0.717) is 34.4 Å². The molecule has 27 heavy (non-hydrogen) atoms. The van der Waals surface area contributed by atoms with E-state index in [1.165, 1.54) is 14.0 Å². The minimum absolute atomic E-state index is 0.0583. The lowest BCUT2D eigenvalue weighted by Gasteiger charge is -2.14. The number of ketones is 1. The molecule has 4 heteroatoms. The predicted molar refractivity (Wildman–Crippen MR) is 107 cm³/mol. The minimum atomic E-state index is -0.326. The van der Waals surface area contributed by atoms with Gasteiger partial charge in [0.25, 0.3) is 0 Å². The number of anilines is 1. The standard InChI is InChI=1S/C23H22FNO2/c1-15(26)17-5-4-6-18(14-17)22-21(27-3)12-9-19(23(22)24)13-16-7-10-20(25-2)11-8-16/h4-12,14,25H,13H2,1-3H3. The van der Waals surface area contributed by atoms with Crippen LogP contribution in [0.25, 0.3) is 11.1 Å². The highest BCUT2D eigenvalue weighted by molar-refractivity contribution is 5.95. The van der Waals surface area contributed by atoms with Crippen LogP contribution in [0.4, 0.5) is 10.1 Å². The van der Waals surface area contributed by atoms with Gasteiger partial charge in [-0.15, -0.1) is 0 Å². The zero-order valence-electron chi connectivity index (χ0n) is 15.7. The van der Waals surface area contributed by atoms with Crippen molar-refractivity contribution < 1.29 is 13.9 Å². The van der Waals surface area contributed by atoms with Crippen LogP contribution in [0.3, 0.4) is 0 Å². The Morgan fingerprint density at radius 3 is 2.44 bits per heavy atom. The molecular weight excluding hydrogens is 341 g/mol. The average Bonchev–Trinajstić information content (AvgIpc) is 2.70. The number of methoxy groups -OCH3 is 1. The molecule has 0 aliphatic carbocycles. The Morgan fingerprint density at radius 1 is 1.07 bits per heavy atom. The van der Waals surface area contributed by atoms with Crippen LogP contribution in [0.2, 0.25) is 0 Å². The number of nitrogens with one attached hydrogen (secondary N) is 1. The molecule has 0 saturated carbocycles. The van der Waals surface area contributed by atoms with Gasteiger partial charge in [0, 0.05) is 24.7 Å². The molecule has 0 aliphatic heterocycles. The molecule has 0 spiro atoms. The highest BCUT2D eigenvalue weighted by Gasteiger charge is 2.17. The lowest BCUT2D eigenvalue weighted by molar-refractivity contribution is 0.101. The smallest absolute Gasteiger partial charge is 0.159 e. The van der Waals surface area contributed by atoms with Crippen LogP contribution < -0.4 is 10.1 Å². The molecule has 0 bridgehead atoms. The van der Waals surface area contributed by atoms with Gasteiger partial charge in [-0.1, -0.05) is 36.4 Å². The average molecular weight is 363 g/mol. The molecule has 3 nitrogen and oxygen atoms in total. The van der Waals surface area contributed by atoms with E-state index in [1.807, 2.05) is 31.3 Å². The first kappa shape index (κ1) is 18.6. The van der Waals surface area contributed by atoms with Gasteiger partial charge in [0.1, 0.15) is 11.6 Å². The summed E-state index contributed by atoms with van der Waals surface area (Å²) in [6.45, 7) is 1.50. The Kier molecular flexibility index (Phi) is 5.55. The number of Topliss-reactive ketones (excluding diaryl/α,β-unsaturated/α-hetero) is 1. The molecule has 0 heterocycles. The van der Waals surface area contributed by atoms with Crippen LogP contribution >= 0.6 is 0 Å². The summed E-state index contributed by atoms with van der Waals surface area (Å²) in [5, 5.41) is 3.07. The van der Waals surface area contributed by atoms with Crippen molar-refractivity contribution in [3.05, 3.63) is 83.2 Å². The van der Waals surface area contributed by atoms with Gasteiger partial charge in [-0.05, 0) is 47.9 Å². The number of halogens is 1. The maximum Gasteiger partial charge on any atom is 0.159 e. The summed E-state index contributed by atoms with van der Waals surface area (Å²) in [6, 6.07) is 18.4. The summed E-state index contributed by atoms with van der Waals surface area (Å²) in [5.74, 6) is 0.0623. The molecular formula is C23H22FNO2. The highest BCUT2D eigenvalue weighted by Crippen LogP contribution is 2.35. The van der Waals surface area contributed by atoms with Gasteiger partial charge in [0.2, 0.25) is 0 Å². The van der Waals surface area contributed by atoms with Crippen LogP contribution in [0, 0.1) is 5.82 Å². The largest absolute Gasteiger partial charge is 0.496 e. The minimum Gasteiger partial charge on any atom is -0.496 e. The molecule has 0 atom stereocenters. The van der Waals surface area contributed by atoms with Crippen LogP contribution in [0.1, 0.15) is 28.4 Å². The van der Waals surface area contributed by atoms with Gasteiger partial charge in [-0.2, -0.15) is 0 Å². The van der Waals surface area contributed by atoms with Crippen molar-refractivity contribution in [2.75, 3.05) is 19.5 Å². The van der Waals surface area contributed by atoms with E-state index in [0.717, 1.165) is 11.3 Å². The molecule has 3 aromatic carbocycles. The molecule has 0 unspecified atom stereocenters. The maximum absolute atomic E-state index is 15.4. The molecule has 1 N–H and O–H groups in total. The second kappa shape index (κ2) is 8.04. The first-order valence-corrected chi connectivity index (χ1v) is 8.77. The Morgan fingerprint density at radius 2 is 1.81 bits per heavy atom. The summed E-state index contributed by atoms with van der Waals surface area (Å²) in [4.78, 5) is 11.7. The summed E-state index contributed by atoms with van der Waals surface area (Å²) >= 11 is 0. The molecule has 0 saturated heterocycles. The number of rotatable bonds is 6. The number of benzene rings is 3. The molecule has 0 radical (unpaired) electrons. The van der Waals surface area contributed by atoms with Crippen molar-refractivity contribution >= 4 is 11.5 Å². The predicted octanol–water partition coefficient (Wildman–Crippen LogP) is 5.34. The third-order valence-corrected chi connectivity index (χ3v) is 4.60. The number of hydrogen-bond acceptors (Lipinski definition) is 3. The number of hydrogen-bond donors (Lipinski definition) is 1. The third-order valence-electron chi connectivity index (χ3n) is 4.60. The van der Waals surface area contributed by atoms with Crippen molar-refractivity contribution in [2.24, 2.45) is 0 Å². The zero-order valence-corrected chi connectivity index (χ0v) is 15.7. The number of carbonyl (C=O) groups excluding carboxylic acids is 1. The van der Waals surface area contributed by atoms with E-state index in [9.17, 15) is 4.79 Å². The second-order valence-electron chi connectivity index (χ2n) is 6.38. The first-order valence-electron chi connectivity index (χ1n) is 8.77. The molecule has 0 aromatic heterocycles. The Balaban J connectivity index is 2.04. The van der Waals surface area contributed by atoms with E-state index < -0.39 is 0 Å². The summed E-state index contributed by atoms with van der Waals surface area (Å²) < 4.78 is 20.8. The van der Waals surface area contributed by atoms with E-state index in [2.05, 4.69) is 5.32 Å². The van der Waals surface area contributed by atoms with Crippen molar-refractivity contribution in [3.8, 4) is 16.9 Å². The lowest BCUT2D eigenvalue weighted by Crippen LogP contribution is -2.00. The van der Waals surface area contributed by atoms with Crippen LogP contribution in [0.5, 0.6) is 5.75 Å². The second-order valence-corrected chi connectivity index (χ2v) is 6.38. The van der Waals surface area contributed by atoms with Crippen molar-refractivity contribution in [2.45, 2.75) is 13.3 Å². The van der Waals surface area contributed by atoms with Crippen molar-refractivity contribution in [1.82, 2.24) is 0 Å². The normalized spacial score (nSPS) is 10.5. The van der Waals surface area contributed by atoms with E-state index >= 15 is 4.39 Å². The van der Waals surface area contributed by atoms with Gasteiger partial charge >= 0.3 is 0 Å². The Bertz CT molecular complexity index is 965. The van der Waals surface area contributed by atoms with E-state index in [-0.39, 0.29) is 11.6 Å². The van der Waals surface area contributed by atoms with Crippen LogP contribution in [-0.4, -0.2) is 19.9 Å². The fourth-order valence-electron chi connectivity index (χ4n) is 3.08. The molecule has 0 aliphatic rings. The number of ether oxygens (including phenoxy) is 1. The van der Waals surface area contributed by atoms with E-state index in [4.69, 9.17) is 4.74 Å². The fraction of sp³-hybridized carbons (Fsp3) is 0.174. The SMILES string of the molecule is CNc1ccc(Cc2ccc(OC)c(-c3cccc(C(C)=O)c3)c2F)cc1. The third kappa shape index (κ3) is 4.00. The Hall–Kier alpha value is -3.14. The van der Waals surface area contributed by atoms with Gasteiger partial charge < -0.3 is 10.1 Å². The monoisotopic (exact) mass is 363 g/mol.